The smallest absolute Gasteiger partial charge is 0.342 e. The van der Waals surface area contributed by atoms with Crippen LogP contribution in [0.1, 0.15) is 188 Å². The minimum Gasteiger partial charge on any atom is -0.504 e. The second-order valence-corrected chi connectivity index (χ2v) is 23.9. The zero-order valence-electron chi connectivity index (χ0n) is 46.8. The summed E-state index contributed by atoms with van der Waals surface area (Å²) in [6, 6.07) is 15.5. The van der Waals surface area contributed by atoms with E-state index in [0.29, 0.717) is 48.3 Å². The predicted octanol–water partition coefficient (Wildman–Crippen LogP) is 15.1. The average Bonchev–Trinajstić information content (AvgIpc) is 4.23. The lowest BCUT2D eigenvalue weighted by Gasteiger charge is -2.28. The summed E-state index contributed by atoms with van der Waals surface area (Å²) in [6.07, 6.45) is 13.0. The molecule has 0 aliphatic heterocycles. The molecule has 18 heteroatoms. The van der Waals surface area contributed by atoms with E-state index in [1.54, 1.807) is 19.1 Å². The van der Waals surface area contributed by atoms with Crippen molar-refractivity contribution in [1.29, 1.82) is 0 Å². The Hall–Kier alpha value is -4.93. The molecule has 0 bridgehead atoms. The van der Waals surface area contributed by atoms with Crippen LogP contribution in [0.15, 0.2) is 71.8 Å². The molecule has 3 aliphatic rings. The number of benzene rings is 4. The van der Waals surface area contributed by atoms with Crippen LogP contribution in [0.3, 0.4) is 0 Å². The Balaban J connectivity index is 1.06. The van der Waals surface area contributed by atoms with Gasteiger partial charge in [-0.3, -0.25) is 0 Å². The van der Waals surface area contributed by atoms with Crippen LogP contribution < -0.4 is 18.9 Å². The Morgan fingerprint density at radius 2 is 1.06 bits per heavy atom. The van der Waals surface area contributed by atoms with Gasteiger partial charge in [-0.15, -0.1) is 0 Å². The Labute approximate surface area is 496 Å². The number of rotatable bonds is 28. The third-order valence-electron chi connectivity index (χ3n) is 16.3. The van der Waals surface area contributed by atoms with E-state index in [-0.39, 0.29) is 99.1 Å². The Morgan fingerprint density at radius 3 is 1.55 bits per heavy atom. The summed E-state index contributed by atoms with van der Waals surface area (Å²) < 4.78 is 84.4. The molecule has 0 saturated heterocycles. The summed E-state index contributed by atoms with van der Waals surface area (Å²) in [5.41, 5.74) is 1.44. The van der Waals surface area contributed by atoms with Crippen molar-refractivity contribution < 1.29 is 76.0 Å². The second kappa shape index (κ2) is 28.9. The zero-order valence-corrected chi connectivity index (χ0v) is 51.1. The van der Waals surface area contributed by atoms with Gasteiger partial charge in [0, 0.05) is 30.8 Å². The fraction of sp³-hybridized carbons (Fsp3) is 0.532. The number of hydrogen-bond acceptors (Lipinski definition) is 14. The van der Waals surface area contributed by atoms with Crippen molar-refractivity contribution in [3.63, 3.8) is 0 Å². The van der Waals surface area contributed by atoms with E-state index in [2.05, 4.69) is 6.92 Å². The molecule has 80 heavy (non-hydrogen) atoms. The molecule has 436 valence electrons. The minimum absolute atomic E-state index is 0.00531. The van der Waals surface area contributed by atoms with Crippen LogP contribution in [0, 0.1) is 18.8 Å². The number of ether oxygens (including phenoxy) is 9. The van der Waals surface area contributed by atoms with Crippen molar-refractivity contribution >= 4 is 63.1 Å². The van der Waals surface area contributed by atoms with E-state index < -0.39 is 40.4 Å². The van der Waals surface area contributed by atoms with E-state index in [1.807, 2.05) is 85.0 Å². The molecule has 2 N–H and O–H groups in total. The standard InChI is InChI=1S/C62H76F2I2O14/c1-7-41(30-44(43-16-18-51(67)52(68)31-43)39(4)40(5)57(69)78-60(6)20-10-11-21-60)42-17-19-53(76-37-72-26-28-74-54-35-47(63)49(65)33-45(54)58(70)79-61(8-2)22-12-13-23-61)56(32-42)77-38-73-27-29-75-55-36-48(64)50(66)34-46(55)59(71)80-62(9-3)24-14-15-25-62/h16-19,31-36,41,44,67-68H,7-15,20-30,37-38H2,1-6H3/b40-39+. The molecule has 0 aromatic heterocycles. The normalized spacial score (nSPS) is 17.3. The first-order chi connectivity index (χ1) is 38.3. The van der Waals surface area contributed by atoms with Gasteiger partial charge >= 0.3 is 17.9 Å². The molecule has 7 rings (SSSR count). The molecule has 14 nitrogen and oxygen atoms in total. The zero-order chi connectivity index (χ0) is 57.6. The number of hydrogen-bond donors (Lipinski definition) is 2. The number of phenols is 2. The van der Waals surface area contributed by atoms with E-state index in [0.717, 1.165) is 88.2 Å². The first-order valence-electron chi connectivity index (χ1n) is 28.0. The van der Waals surface area contributed by atoms with E-state index in [1.165, 1.54) is 36.4 Å². The van der Waals surface area contributed by atoms with Gasteiger partial charge in [-0.25, -0.2) is 23.2 Å². The summed E-state index contributed by atoms with van der Waals surface area (Å²) >= 11 is 3.68. The SMILES string of the molecule is CCC(CC(/C(C)=C(\C)C(=O)OC1(C)CCCC1)c1ccc(O)c(O)c1)c1ccc(OCOCCOc2cc(F)c(I)cc2C(=O)OC2(CC)CCCC2)c(OCOCCOc2cc(F)c(I)cc2C(=O)OC2(CC)CCCC2)c1. The number of allylic oxidation sites excluding steroid dienone is 1. The summed E-state index contributed by atoms with van der Waals surface area (Å²) in [5.74, 6) is -2.95. The van der Waals surface area contributed by atoms with Crippen molar-refractivity contribution in [3.05, 3.63) is 113 Å². The topological polar surface area (TPSA) is 175 Å². The van der Waals surface area contributed by atoms with Gasteiger partial charge in [0.1, 0.15) is 64.3 Å². The van der Waals surface area contributed by atoms with E-state index in [9.17, 15) is 33.4 Å². The largest absolute Gasteiger partial charge is 0.504 e. The molecule has 3 aliphatic carbocycles. The molecular formula is C62H76F2I2O14. The van der Waals surface area contributed by atoms with Crippen molar-refractivity contribution in [1.82, 2.24) is 0 Å². The highest BCUT2D eigenvalue weighted by molar-refractivity contribution is 14.1. The summed E-state index contributed by atoms with van der Waals surface area (Å²) in [6.45, 7) is 11.1. The predicted molar refractivity (Wildman–Crippen MR) is 314 cm³/mol. The van der Waals surface area contributed by atoms with Crippen molar-refractivity contribution in [2.24, 2.45) is 0 Å². The molecule has 0 radical (unpaired) electrons. The van der Waals surface area contributed by atoms with E-state index in [4.69, 9.17) is 42.6 Å². The lowest BCUT2D eigenvalue weighted by atomic mass is 9.79. The van der Waals surface area contributed by atoms with Crippen LogP contribution in [-0.4, -0.2) is 84.9 Å². The third kappa shape index (κ3) is 16.2. The molecule has 3 saturated carbocycles. The third-order valence-corrected chi connectivity index (χ3v) is 17.9. The molecule has 4 aromatic carbocycles. The molecule has 4 aromatic rings. The molecular weight excluding hydrogens is 1260 g/mol. The van der Waals surface area contributed by atoms with Crippen molar-refractivity contribution in [2.45, 2.75) is 173 Å². The molecule has 0 heterocycles. The van der Waals surface area contributed by atoms with Crippen molar-refractivity contribution in [2.75, 3.05) is 40.0 Å². The summed E-state index contributed by atoms with van der Waals surface area (Å²) in [4.78, 5) is 40.7. The van der Waals surface area contributed by atoms with Crippen LogP contribution in [-0.2, 0) is 28.5 Å². The summed E-state index contributed by atoms with van der Waals surface area (Å²) in [5, 5.41) is 21.0. The molecule has 3 fully saturated rings. The highest BCUT2D eigenvalue weighted by atomic mass is 127. The van der Waals surface area contributed by atoms with Gasteiger partial charge in [-0.1, -0.05) is 38.5 Å². The van der Waals surface area contributed by atoms with Gasteiger partial charge in [0.25, 0.3) is 0 Å². The molecule has 0 amide bonds. The monoisotopic (exact) mass is 1340 g/mol. The number of carbonyl (C=O) groups is 3. The average molecular weight is 1340 g/mol. The first-order valence-corrected chi connectivity index (χ1v) is 30.1. The number of esters is 3. The fourth-order valence-corrected chi connectivity index (χ4v) is 12.0. The minimum atomic E-state index is -0.568. The molecule has 0 spiro atoms. The van der Waals surface area contributed by atoms with Crippen LogP contribution in [0.2, 0.25) is 0 Å². The maximum Gasteiger partial charge on any atom is 0.342 e. The molecule has 2 unspecified atom stereocenters. The number of phenolic OH excluding ortho intramolecular Hbond substituents is 2. The summed E-state index contributed by atoms with van der Waals surface area (Å²) in [7, 11) is 0. The maximum atomic E-state index is 14.9. The fourth-order valence-electron chi connectivity index (χ4n) is 11.1. The number of aromatic hydroxyl groups is 2. The number of halogens is 4. The highest BCUT2D eigenvalue weighted by Gasteiger charge is 2.39. The first kappa shape index (κ1) is 62.7. The number of carbonyl (C=O) groups excluding carboxylic acids is 3. The quantitative estimate of drug-likeness (QED) is 0.0104. The molecule has 2 atom stereocenters. The van der Waals surface area contributed by atoms with Gasteiger partial charge in [0.15, 0.2) is 36.6 Å². The Morgan fingerprint density at radius 1 is 0.575 bits per heavy atom. The van der Waals surface area contributed by atoms with Gasteiger partial charge in [0.05, 0.1) is 13.2 Å². The van der Waals surface area contributed by atoms with Gasteiger partial charge in [-0.2, -0.15) is 0 Å². The van der Waals surface area contributed by atoms with Gasteiger partial charge in [-0.05, 0) is 222 Å². The lowest BCUT2D eigenvalue weighted by Crippen LogP contribution is -2.31. The highest BCUT2D eigenvalue weighted by Crippen LogP contribution is 2.44. The Kier molecular flexibility index (Phi) is 22.6. The van der Waals surface area contributed by atoms with Crippen LogP contribution in [0.25, 0.3) is 0 Å². The van der Waals surface area contributed by atoms with Crippen LogP contribution in [0.4, 0.5) is 8.78 Å². The van der Waals surface area contributed by atoms with E-state index >= 15 is 0 Å². The van der Waals surface area contributed by atoms with Crippen molar-refractivity contribution in [3.8, 4) is 34.5 Å². The van der Waals surface area contributed by atoms with Crippen LogP contribution in [0.5, 0.6) is 34.5 Å². The maximum absolute atomic E-state index is 14.9. The lowest BCUT2D eigenvalue weighted by molar-refractivity contribution is -0.152. The van der Waals surface area contributed by atoms with Gasteiger partial charge in [0.2, 0.25) is 0 Å². The van der Waals surface area contributed by atoms with Crippen LogP contribution >= 0.6 is 45.2 Å². The second-order valence-electron chi connectivity index (χ2n) is 21.5. The Bertz CT molecular complexity index is 2820. The van der Waals surface area contributed by atoms with Gasteiger partial charge < -0.3 is 52.8 Å².